The second-order valence-electron chi connectivity index (χ2n) is 5.98. The van der Waals surface area contributed by atoms with E-state index in [1.54, 1.807) is 12.3 Å². The Morgan fingerprint density at radius 2 is 2.33 bits per heavy atom. The number of hydrogen-bond acceptors (Lipinski definition) is 4. The van der Waals surface area contributed by atoms with E-state index in [-0.39, 0.29) is 11.9 Å². The van der Waals surface area contributed by atoms with Crippen molar-refractivity contribution in [3.05, 3.63) is 27.8 Å². The minimum Gasteiger partial charge on any atom is -0.449 e. The number of nitrogens with zero attached hydrogens (tertiary/aromatic N) is 2. The van der Waals surface area contributed by atoms with Crippen molar-refractivity contribution in [2.24, 2.45) is 5.92 Å². The predicted octanol–water partition coefficient (Wildman–Crippen LogP) is 2.26. The van der Waals surface area contributed by atoms with Crippen molar-refractivity contribution in [1.29, 1.82) is 0 Å². The first kappa shape index (κ1) is 13.5. The van der Waals surface area contributed by atoms with Crippen molar-refractivity contribution in [1.82, 2.24) is 15.2 Å². The number of pyridine rings is 1. The fourth-order valence-corrected chi connectivity index (χ4v) is 4.03. The molecule has 110 valence electrons. The van der Waals surface area contributed by atoms with Crippen molar-refractivity contribution in [2.75, 3.05) is 19.6 Å². The van der Waals surface area contributed by atoms with E-state index in [1.807, 2.05) is 6.07 Å². The predicted molar refractivity (Wildman–Crippen MR) is 87.1 cm³/mol. The summed E-state index contributed by atoms with van der Waals surface area (Å²) in [5.74, 6) is 0.663. The minimum absolute atomic E-state index is 0.0828. The number of carbonyl (C=O) groups excluding carboxylic acids is 1. The second-order valence-corrected chi connectivity index (χ2v) is 7.04. The van der Waals surface area contributed by atoms with Gasteiger partial charge in [0.15, 0.2) is 9.35 Å². The van der Waals surface area contributed by atoms with Gasteiger partial charge in [0.25, 0.3) is 5.91 Å². The maximum atomic E-state index is 12.4. The van der Waals surface area contributed by atoms with Crippen molar-refractivity contribution >= 4 is 39.5 Å². The van der Waals surface area contributed by atoms with E-state index in [1.165, 1.54) is 19.5 Å². The van der Waals surface area contributed by atoms with Gasteiger partial charge in [-0.05, 0) is 60.0 Å². The third kappa shape index (κ3) is 2.66. The molecule has 0 aliphatic carbocycles. The molecule has 2 aliphatic rings. The second kappa shape index (κ2) is 5.24. The largest absolute Gasteiger partial charge is 0.449 e. The molecule has 2 fully saturated rings. The number of rotatable bonds is 2. The first-order valence-corrected chi connectivity index (χ1v) is 8.33. The van der Waals surface area contributed by atoms with Gasteiger partial charge < -0.3 is 14.6 Å². The van der Waals surface area contributed by atoms with Gasteiger partial charge in [-0.3, -0.25) is 4.79 Å². The zero-order valence-electron chi connectivity index (χ0n) is 11.5. The lowest BCUT2D eigenvalue weighted by molar-refractivity contribution is 0.0904. The number of fused-ring (bicyclic) bond motifs is 3. The van der Waals surface area contributed by atoms with Crippen molar-refractivity contribution < 1.29 is 9.21 Å². The molecule has 4 rings (SSSR count). The van der Waals surface area contributed by atoms with Crippen LogP contribution in [0.1, 0.15) is 23.3 Å². The third-order valence-electron chi connectivity index (χ3n) is 4.41. The van der Waals surface area contributed by atoms with Crippen LogP contribution in [0.2, 0.25) is 0 Å². The maximum absolute atomic E-state index is 12.4. The highest BCUT2D eigenvalue weighted by Gasteiger charge is 2.33. The van der Waals surface area contributed by atoms with E-state index in [0.717, 1.165) is 33.6 Å². The molecule has 2 aliphatic heterocycles. The molecule has 0 spiro atoms. The molecule has 5 nitrogen and oxygen atoms in total. The quantitative estimate of drug-likeness (QED) is 0.791. The van der Waals surface area contributed by atoms with Crippen LogP contribution in [0, 0.1) is 9.68 Å². The summed E-state index contributed by atoms with van der Waals surface area (Å²) in [6, 6.07) is 3.97. The molecule has 2 saturated heterocycles. The van der Waals surface area contributed by atoms with Crippen molar-refractivity contribution in [2.45, 2.75) is 18.9 Å². The summed E-state index contributed by atoms with van der Waals surface area (Å²) in [7, 11) is 0. The Balaban J connectivity index is 1.50. The Hall–Kier alpha value is -1.15. The molecule has 0 radical (unpaired) electrons. The highest BCUT2D eigenvalue weighted by molar-refractivity contribution is 14.1. The van der Waals surface area contributed by atoms with Crippen LogP contribution in [0.5, 0.6) is 0 Å². The molecule has 2 aromatic heterocycles. The van der Waals surface area contributed by atoms with E-state index < -0.39 is 0 Å². The minimum atomic E-state index is -0.0828. The summed E-state index contributed by atoms with van der Waals surface area (Å²) in [6.45, 7) is 3.34. The lowest BCUT2D eigenvalue weighted by atomic mass is 9.97. The molecule has 3 atom stereocenters. The Bertz CT molecular complexity index is 687. The Kier molecular flexibility index (Phi) is 3.37. The lowest BCUT2D eigenvalue weighted by Gasteiger charge is -2.30. The number of nitrogens with one attached hydrogen (secondary N) is 1. The molecule has 0 saturated carbocycles. The average Bonchev–Trinajstić information content (AvgIpc) is 2.99. The van der Waals surface area contributed by atoms with Crippen LogP contribution >= 0.6 is 22.6 Å². The summed E-state index contributed by atoms with van der Waals surface area (Å²) in [4.78, 5) is 19.0. The highest BCUT2D eigenvalue weighted by atomic mass is 127. The SMILES string of the molecule is O=C(N[C@@H]1C[C@@H]2CCN(C2)C1)c1cc2cc(I)oc2cn1. The Labute approximate surface area is 136 Å². The lowest BCUT2D eigenvalue weighted by Crippen LogP contribution is -2.47. The van der Waals surface area contributed by atoms with Crippen molar-refractivity contribution in [3.63, 3.8) is 0 Å². The Morgan fingerprint density at radius 3 is 3.19 bits per heavy atom. The molecular formula is C15H16IN3O2. The molecule has 0 aromatic carbocycles. The number of halogens is 1. The third-order valence-corrected chi connectivity index (χ3v) is 4.94. The summed E-state index contributed by atoms with van der Waals surface area (Å²) >= 11 is 2.12. The molecule has 1 unspecified atom stereocenters. The number of aromatic nitrogens is 1. The molecular weight excluding hydrogens is 381 g/mol. The van der Waals surface area contributed by atoms with Crippen LogP contribution in [-0.4, -0.2) is 41.5 Å². The monoisotopic (exact) mass is 397 g/mol. The van der Waals surface area contributed by atoms with E-state index >= 15 is 0 Å². The number of carbonyl (C=O) groups is 1. The zero-order valence-corrected chi connectivity index (χ0v) is 13.7. The zero-order chi connectivity index (χ0) is 14.4. The average molecular weight is 397 g/mol. The van der Waals surface area contributed by atoms with E-state index in [2.05, 4.69) is 37.8 Å². The summed E-state index contributed by atoms with van der Waals surface area (Å²) in [5.41, 5.74) is 1.19. The van der Waals surface area contributed by atoms with Gasteiger partial charge in [-0.25, -0.2) is 4.98 Å². The van der Waals surface area contributed by atoms with E-state index in [4.69, 9.17) is 4.42 Å². The van der Waals surface area contributed by atoms with Gasteiger partial charge in [0.2, 0.25) is 0 Å². The van der Waals surface area contributed by atoms with Crippen LogP contribution in [-0.2, 0) is 0 Å². The number of piperidine rings is 1. The smallest absolute Gasteiger partial charge is 0.270 e. The van der Waals surface area contributed by atoms with Crippen LogP contribution in [0.4, 0.5) is 0 Å². The molecule has 6 heteroatoms. The van der Waals surface area contributed by atoms with Crippen LogP contribution < -0.4 is 5.32 Å². The van der Waals surface area contributed by atoms with Gasteiger partial charge in [0.1, 0.15) is 5.69 Å². The summed E-state index contributed by atoms with van der Waals surface area (Å²) in [6.07, 6.45) is 3.98. The fraction of sp³-hybridized carbons (Fsp3) is 0.467. The number of furan rings is 1. The van der Waals surface area contributed by atoms with E-state index in [9.17, 15) is 4.79 Å². The standard InChI is InChI=1S/C15H16IN3O2/c16-14-5-10-4-12(17-6-13(10)21-14)15(20)18-11-3-9-1-2-19(7-9)8-11/h4-6,9,11H,1-3,7-8H2,(H,18,20)/t9-,11+/m0/s1. The van der Waals surface area contributed by atoms with Gasteiger partial charge in [-0.15, -0.1) is 0 Å². The first-order chi connectivity index (χ1) is 10.2. The summed E-state index contributed by atoms with van der Waals surface area (Å²) < 4.78 is 6.28. The topological polar surface area (TPSA) is 58.4 Å². The molecule has 1 N–H and O–H groups in total. The molecule has 2 bridgehead atoms. The van der Waals surface area contributed by atoms with Gasteiger partial charge in [0, 0.05) is 24.5 Å². The van der Waals surface area contributed by atoms with Gasteiger partial charge in [0.05, 0.1) is 6.20 Å². The maximum Gasteiger partial charge on any atom is 0.270 e. The van der Waals surface area contributed by atoms with Crippen LogP contribution in [0.3, 0.4) is 0 Å². The molecule has 2 aromatic rings. The summed E-state index contributed by atoms with van der Waals surface area (Å²) in [5, 5.41) is 4.06. The number of hydrogen-bond donors (Lipinski definition) is 1. The molecule has 1 amide bonds. The van der Waals surface area contributed by atoms with Crippen molar-refractivity contribution in [3.8, 4) is 0 Å². The highest BCUT2D eigenvalue weighted by Crippen LogP contribution is 2.27. The van der Waals surface area contributed by atoms with Gasteiger partial charge in [-0.2, -0.15) is 0 Å². The van der Waals surface area contributed by atoms with Crippen LogP contribution in [0.25, 0.3) is 11.0 Å². The fourth-order valence-electron chi connectivity index (χ4n) is 3.46. The van der Waals surface area contributed by atoms with Crippen LogP contribution in [0.15, 0.2) is 22.7 Å². The van der Waals surface area contributed by atoms with E-state index in [0.29, 0.717) is 5.69 Å². The normalized spacial score (nSPS) is 28.0. The molecule has 21 heavy (non-hydrogen) atoms. The van der Waals surface area contributed by atoms with Gasteiger partial charge >= 0.3 is 0 Å². The first-order valence-electron chi connectivity index (χ1n) is 7.26. The van der Waals surface area contributed by atoms with Gasteiger partial charge in [-0.1, -0.05) is 0 Å². The molecule has 4 heterocycles. The number of amides is 1. The Morgan fingerprint density at radius 1 is 1.43 bits per heavy atom.